The Bertz CT molecular complexity index is 560. The molecule has 112 valence electrons. The van der Waals surface area contributed by atoms with Crippen LogP contribution in [0.1, 0.15) is 0 Å². The smallest absolute Gasteiger partial charge is 0.243 e. The molecule has 20 heavy (non-hydrogen) atoms. The van der Waals surface area contributed by atoms with Crippen molar-refractivity contribution in [2.45, 2.75) is 16.2 Å². The third-order valence-corrected chi connectivity index (χ3v) is 6.54. The molecule has 0 bridgehead atoms. The van der Waals surface area contributed by atoms with Crippen molar-refractivity contribution in [3.63, 3.8) is 0 Å². The number of nitrogens with zero attached hydrogens (tertiary/aromatic N) is 2. The van der Waals surface area contributed by atoms with Gasteiger partial charge in [-0.2, -0.15) is 16.1 Å². The maximum atomic E-state index is 12.9. The van der Waals surface area contributed by atoms with E-state index in [0.29, 0.717) is 13.1 Å². The zero-order valence-corrected chi connectivity index (χ0v) is 13.4. The highest BCUT2D eigenvalue weighted by atomic mass is 32.2. The molecular weight excluding hydrogens is 299 g/mol. The Morgan fingerprint density at radius 2 is 1.85 bits per heavy atom. The van der Waals surface area contributed by atoms with Gasteiger partial charge in [0.1, 0.15) is 5.82 Å². The number of benzene rings is 1. The highest BCUT2D eigenvalue weighted by Gasteiger charge is 2.39. The zero-order chi connectivity index (χ0) is 14.9. The van der Waals surface area contributed by atoms with Crippen molar-refractivity contribution in [2.24, 2.45) is 0 Å². The van der Waals surface area contributed by atoms with Gasteiger partial charge < -0.3 is 4.90 Å². The van der Waals surface area contributed by atoms with E-state index in [2.05, 4.69) is 4.90 Å². The van der Waals surface area contributed by atoms with Crippen LogP contribution in [0.5, 0.6) is 0 Å². The third-order valence-electron chi connectivity index (χ3n) is 3.62. The Kier molecular flexibility index (Phi) is 4.73. The summed E-state index contributed by atoms with van der Waals surface area (Å²) in [7, 11) is 0.382. The molecule has 0 saturated carbocycles. The van der Waals surface area contributed by atoms with Gasteiger partial charge in [0.15, 0.2) is 0 Å². The molecule has 1 fully saturated rings. The lowest BCUT2D eigenvalue weighted by Gasteiger charge is -2.23. The van der Waals surface area contributed by atoms with Crippen molar-refractivity contribution >= 4 is 21.8 Å². The Hall–Kier alpha value is -0.630. The summed E-state index contributed by atoms with van der Waals surface area (Å²) in [5, 5.41) is 0.250. The third kappa shape index (κ3) is 3.00. The van der Waals surface area contributed by atoms with E-state index in [4.69, 9.17) is 0 Å². The average molecular weight is 318 g/mol. The molecule has 2 rings (SSSR count). The maximum Gasteiger partial charge on any atom is 0.243 e. The van der Waals surface area contributed by atoms with E-state index in [0.717, 1.165) is 0 Å². The Morgan fingerprint density at radius 3 is 2.30 bits per heavy atom. The molecule has 0 spiro atoms. The van der Waals surface area contributed by atoms with E-state index in [9.17, 15) is 12.8 Å². The van der Waals surface area contributed by atoms with E-state index >= 15 is 0 Å². The van der Waals surface area contributed by atoms with E-state index in [1.165, 1.54) is 28.6 Å². The first-order valence-electron chi connectivity index (χ1n) is 6.31. The van der Waals surface area contributed by atoms with Crippen molar-refractivity contribution in [3.8, 4) is 0 Å². The van der Waals surface area contributed by atoms with Crippen LogP contribution in [0.2, 0.25) is 0 Å². The topological polar surface area (TPSA) is 40.6 Å². The first-order chi connectivity index (χ1) is 9.36. The number of rotatable bonds is 4. The standard InChI is InChI=1S/C13H19FN2O2S2/c1-15(2)12-8-16(9-13(12)19-3)20(17,18)11-6-4-10(14)5-7-11/h4-7,12-13H,8-9H2,1-3H3. The fourth-order valence-corrected chi connectivity index (χ4v) is 4.95. The van der Waals surface area contributed by atoms with Crippen LogP contribution in [0.15, 0.2) is 29.2 Å². The molecule has 1 aromatic rings. The quantitative estimate of drug-likeness (QED) is 0.843. The SMILES string of the molecule is CSC1CN(S(=O)(=O)c2ccc(F)cc2)CC1N(C)C. The van der Waals surface area contributed by atoms with E-state index in [-0.39, 0.29) is 16.2 Å². The van der Waals surface area contributed by atoms with Crippen molar-refractivity contribution in [1.82, 2.24) is 9.21 Å². The number of sulfonamides is 1. The summed E-state index contributed by atoms with van der Waals surface area (Å²) in [5.74, 6) is -0.432. The molecule has 0 N–H and O–H groups in total. The van der Waals surface area contributed by atoms with Gasteiger partial charge in [0.2, 0.25) is 10.0 Å². The van der Waals surface area contributed by atoms with Gasteiger partial charge in [0.05, 0.1) is 4.90 Å². The summed E-state index contributed by atoms with van der Waals surface area (Å²) in [5.41, 5.74) is 0. The molecule has 1 aromatic carbocycles. The summed E-state index contributed by atoms with van der Waals surface area (Å²) < 4.78 is 39.5. The van der Waals surface area contributed by atoms with Crippen molar-refractivity contribution in [2.75, 3.05) is 33.4 Å². The zero-order valence-electron chi connectivity index (χ0n) is 11.8. The van der Waals surface area contributed by atoms with Gasteiger partial charge in [-0.05, 0) is 44.6 Å². The molecule has 7 heteroatoms. The van der Waals surface area contributed by atoms with Gasteiger partial charge in [-0.1, -0.05) is 0 Å². The van der Waals surface area contributed by atoms with Gasteiger partial charge in [-0.15, -0.1) is 0 Å². The lowest BCUT2D eigenvalue weighted by molar-refractivity contribution is 0.306. The lowest BCUT2D eigenvalue weighted by atomic mass is 10.2. The van der Waals surface area contributed by atoms with Crippen LogP contribution in [-0.2, 0) is 10.0 Å². The minimum Gasteiger partial charge on any atom is -0.304 e. The second kappa shape index (κ2) is 6.01. The molecule has 2 unspecified atom stereocenters. The summed E-state index contributed by atoms with van der Waals surface area (Å²) >= 11 is 1.68. The molecule has 0 aliphatic carbocycles. The van der Waals surface area contributed by atoms with Crippen LogP contribution >= 0.6 is 11.8 Å². The lowest BCUT2D eigenvalue weighted by Crippen LogP contribution is -2.37. The molecule has 1 saturated heterocycles. The molecule has 0 amide bonds. The maximum absolute atomic E-state index is 12.9. The molecule has 1 aliphatic rings. The molecule has 0 aromatic heterocycles. The highest BCUT2D eigenvalue weighted by Crippen LogP contribution is 2.28. The number of thioether (sulfide) groups is 1. The number of halogens is 1. The summed E-state index contributed by atoms with van der Waals surface area (Å²) in [4.78, 5) is 2.21. The van der Waals surface area contributed by atoms with Gasteiger partial charge in [-0.3, -0.25) is 0 Å². The number of hydrogen-bond donors (Lipinski definition) is 0. The highest BCUT2D eigenvalue weighted by molar-refractivity contribution is 7.99. The van der Waals surface area contributed by atoms with Crippen molar-refractivity contribution in [3.05, 3.63) is 30.1 Å². The van der Waals surface area contributed by atoms with Crippen LogP contribution in [0, 0.1) is 5.82 Å². The Balaban J connectivity index is 2.25. The normalized spacial score (nSPS) is 24.4. The van der Waals surface area contributed by atoms with Crippen LogP contribution in [0.4, 0.5) is 4.39 Å². The monoisotopic (exact) mass is 318 g/mol. The number of likely N-dealkylation sites (N-methyl/N-ethyl adjacent to an activating group) is 1. The predicted molar refractivity (Wildman–Crippen MR) is 79.9 cm³/mol. The van der Waals surface area contributed by atoms with E-state index < -0.39 is 15.8 Å². The van der Waals surface area contributed by atoms with E-state index in [1.54, 1.807) is 11.8 Å². The molecule has 4 nitrogen and oxygen atoms in total. The first-order valence-corrected chi connectivity index (χ1v) is 9.04. The number of hydrogen-bond acceptors (Lipinski definition) is 4. The van der Waals surface area contributed by atoms with Crippen LogP contribution in [0.25, 0.3) is 0 Å². The molecule has 2 atom stereocenters. The van der Waals surface area contributed by atoms with E-state index in [1.807, 2.05) is 20.4 Å². The van der Waals surface area contributed by atoms with Crippen LogP contribution in [0.3, 0.4) is 0 Å². The second-order valence-corrected chi connectivity index (χ2v) is 8.10. The second-order valence-electron chi connectivity index (χ2n) is 5.08. The van der Waals surface area contributed by atoms with Gasteiger partial charge in [-0.25, -0.2) is 12.8 Å². The Labute approximate surface area is 124 Å². The Morgan fingerprint density at radius 1 is 1.25 bits per heavy atom. The largest absolute Gasteiger partial charge is 0.304 e. The fourth-order valence-electron chi connectivity index (χ4n) is 2.40. The molecule has 0 radical (unpaired) electrons. The van der Waals surface area contributed by atoms with Gasteiger partial charge in [0, 0.05) is 24.4 Å². The minimum atomic E-state index is -3.54. The molecule has 1 aliphatic heterocycles. The summed E-state index contributed by atoms with van der Waals surface area (Å²) in [6, 6.07) is 5.20. The molecule has 1 heterocycles. The van der Waals surface area contributed by atoms with Crippen molar-refractivity contribution in [1.29, 1.82) is 0 Å². The van der Waals surface area contributed by atoms with Gasteiger partial charge >= 0.3 is 0 Å². The molecular formula is C13H19FN2O2S2. The van der Waals surface area contributed by atoms with Gasteiger partial charge in [0.25, 0.3) is 0 Å². The predicted octanol–water partition coefficient (Wildman–Crippen LogP) is 1.49. The van der Waals surface area contributed by atoms with Crippen molar-refractivity contribution < 1.29 is 12.8 Å². The summed E-state index contributed by atoms with van der Waals surface area (Å²) in [6.07, 6.45) is 2.00. The minimum absolute atomic E-state index is 0.151. The fraction of sp³-hybridized carbons (Fsp3) is 0.538. The first kappa shape index (κ1) is 15.8. The van der Waals surface area contributed by atoms with Crippen LogP contribution < -0.4 is 0 Å². The average Bonchev–Trinajstić information content (AvgIpc) is 2.84. The van der Waals surface area contributed by atoms with Crippen LogP contribution in [-0.4, -0.2) is 62.4 Å². The summed E-state index contributed by atoms with van der Waals surface area (Å²) in [6.45, 7) is 0.960.